The van der Waals surface area contributed by atoms with Crippen LogP contribution in [0.15, 0.2) is 6.07 Å². The number of anilines is 2. The van der Waals surface area contributed by atoms with Crippen molar-refractivity contribution in [1.82, 2.24) is 9.97 Å². The molecule has 0 saturated heterocycles. The van der Waals surface area contributed by atoms with Gasteiger partial charge in [-0.2, -0.15) is 4.98 Å². The molecule has 2 heterocycles. The van der Waals surface area contributed by atoms with Gasteiger partial charge in [-0.05, 0) is 23.8 Å². The van der Waals surface area contributed by atoms with Gasteiger partial charge in [0.05, 0.1) is 5.39 Å². The Morgan fingerprint density at radius 3 is 2.62 bits per heavy atom. The fourth-order valence-electron chi connectivity index (χ4n) is 1.90. The van der Waals surface area contributed by atoms with E-state index in [1.165, 1.54) is 4.88 Å². The second-order valence-corrected chi connectivity index (χ2v) is 7.59. The lowest BCUT2D eigenvalue weighted by molar-refractivity contribution is 0.274. The summed E-state index contributed by atoms with van der Waals surface area (Å²) in [4.78, 5) is 11.2. The van der Waals surface area contributed by atoms with E-state index in [0.29, 0.717) is 11.9 Å². The van der Waals surface area contributed by atoms with Gasteiger partial charge in [0.1, 0.15) is 10.6 Å². The number of fused-ring (bicyclic) bond motifs is 1. The average molecular weight is 307 g/mol. The molecule has 2 aromatic rings. The highest BCUT2D eigenvalue weighted by Crippen LogP contribution is 2.31. The van der Waals surface area contributed by atoms with E-state index in [1.807, 2.05) is 0 Å². The molecule has 5 nitrogen and oxygen atoms in total. The third-order valence-corrected chi connectivity index (χ3v) is 5.15. The topological polar surface area (TPSA) is 75.9 Å². The second-order valence-electron chi connectivity index (χ2n) is 6.47. The highest BCUT2D eigenvalue weighted by Gasteiger charge is 2.20. The molecule has 116 valence electrons. The molecule has 0 fully saturated rings. The average Bonchev–Trinajstić information content (AvgIpc) is 2.86. The summed E-state index contributed by atoms with van der Waals surface area (Å²) in [6.07, 6.45) is 1.00. The number of nitrogens with zero attached hydrogens (tertiary/aromatic N) is 2. The fourth-order valence-corrected chi connectivity index (χ4v) is 2.87. The maximum atomic E-state index is 5.48. The normalized spacial score (nSPS) is 13.4. The lowest BCUT2D eigenvalue weighted by atomic mass is 9.82. The van der Waals surface area contributed by atoms with Crippen LogP contribution in [0.2, 0.25) is 0 Å². The fraction of sp³-hybridized carbons (Fsp3) is 0.600. The van der Waals surface area contributed by atoms with Gasteiger partial charge in [-0.15, -0.1) is 11.3 Å². The van der Waals surface area contributed by atoms with Crippen molar-refractivity contribution in [2.75, 3.05) is 17.3 Å². The maximum absolute atomic E-state index is 5.48. The zero-order chi connectivity index (χ0) is 15.6. The van der Waals surface area contributed by atoms with Gasteiger partial charge in [0, 0.05) is 11.4 Å². The molecule has 0 aliphatic carbocycles. The van der Waals surface area contributed by atoms with Gasteiger partial charge in [-0.1, -0.05) is 34.6 Å². The third-order valence-electron chi connectivity index (χ3n) is 3.98. The van der Waals surface area contributed by atoms with Crippen LogP contribution in [0, 0.1) is 11.3 Å². The van der Waals surface area contributed by atoms with Crippen molar-refractivity contribution in [1.29, 1.82) is 0 Å². The number of hydrazine groups is 1. The Labute approximate surface area is 130 Å². The standard InChI is InChI=1S/C15H25N5S/c1-6-10-7-11-12(17-8-9(2)15(3,4)5)18-14(20-16)19-13(11)21-10/h7,9H,6,8,16H2,1-5H3,(H2,17,18,19,20). The van der Waals surface area contributed by atoms with Gasteiger partial charge in [-0.3, -0.25) is 5.43 Å². The lowest BCUT2D eigenvalue weighted by Gasteiger charge is -2.27. The summed E-state index contributed by atoms with van der Waals surface area (Å²) in [5.41, 5.74) is 2.81. The van der Waals surface area contributed by atoms with Crippen molar-refractivity contribution in [3.63, 3.8) is 0 Å². The van der Waals surface area contributed by atoms with Crippen molar-refractivity contribution in [2.45, 2.75) is 41.0 Å². The largest absolute Gasteiger partial charge is 0.369 e. The van der Waals surface area contributed by atoms with Crippen molar-refractivity contribution in [3.05, 3.63) is 10.9 Å². The van der Waals surface area contributed by atoms with Gasteiger partial charge >= 0.3 is 0 Å². The van der Waals surface area contributed by atoms with Gasteiger partial charge in [0.15, 0.2) is 0 Å². The third kappa shape index (κ3) is 3.63. The van der Waals surface area contributed by atoms with Crippen molar-refractivity contribution in [3.8, 4) is 0 Å². The van der Waals surface area contributed by atoms with E-state index in [9.17, 15) is 0 Å². The zero-order valence-corrected chi connectivity index (χ0v) is 14.3. The minimum Gasteiger partial charge on any atom is -0.369 e. The lowest BCUT2D eigenvalue weighted by Crippen LogP contribution is -2.25. The zero-order valence-electron chi connectivity index (χ0n) is 13.4. The van der Waals surface area contributed by atoms with E-state index < -0.39 is 0 Å². The van der Waals surface area contributed by atoms with E-state index in [4.69, 9.17) is 5.84 Å². The molecule has 21 heavy (non-hydrogen) atoms. The second kappa shape index (κ2) is 6.15. The summed E-state index contributed by atoms with van der Waals surface area (Å²) in [5, 5.41) is 4.55. The number of nitrogens with one attached hydrogen (secondary N) is 2. The van der Waals surface area contributed by atoms with Crippen LogP contribution < -0.4 is 16.6 Å². The Hall–Kier alpha value is -1.40. The van der Waals surface area contributed by atoms with Gasteiger partial charge in [0.2, 0.25) is 5.95 Å². The Balaban J connectivity index is 2.31. The minimum atomic E-state index is 0.261. The van der Waals surface area contributed by atoms with E-state index in [0.717, 1.165) is 29.0 Å². The summed E-state index contributed by atoms with van der Waals surface area (Å²) in [6, 6.07) is 2.17. The molecule has 0 aromatic carbocycles. The number of aromatic nitrogens is 2. The molecule has 0 spiro atoms. The SMILES string of the molecule is CCc1cc2c(NCC(C)C(C)(C)C)nc(NN)nc2s1. The van der Waals surface area contributed by atoms with Crippen LogP contribution in [-0.2, 0) is 6.42 Å². The molecule has 1 atom stereocenters. The monoisotopic (exact) mass is 307 g/mol. The molecule has 0 saturated carbocycles. The molecule has 0 aliphatic heterocycles. The first-order valence-corrected chi connectivity index (χ1v) is 8.17. The molecular weight excluding hydrogens is 282 g/mol. The van der Waals surface area contributed by atoms with Crippen LogP contribution in [0.5, 0.6) is 0 Å². The molecule has 0 bridgehead atoms. The molecule has 0 aliphatic rings. The first-order valence-electron chi connectivity index (χ1n) is 7.36. The first kappa shape index (κ1) is 16.0. The van der Waals surface area contributed by atoms with E-state index in [-0.39, 0.29) is 5.41 Å². The maximum Gasteiger partial charge on any atom is 0.240 e. The molecule has 1 unspecified atom stereocenters. The van der Waals surface area contributed by atoms with E-state index in [2.05, 4.69) is 61.4 Å². The molecule has 6 heteroatoms. The summed E-state index contributed by atoms with van der Waals surface area (Å²) in [6.45, 7) is 12.0. The van der Waals surface area contributed by atoms with Crippen LogP contribution in [0.3, 0.4) is 0 Å². The number of thiophene rings is 1. The number of rotatable bonds is 5. The van der Waals surface area contributed by atoms with Gasteiger partial charge in [0.25, 0.3) is 0 Å². The molecule has 2 rings (SSSR count). The molecule has 2 aromatic heterocycles. The summed E-state index contributed by atoms with van der Waals surface area (Å²) < 4.78 is 0. The van der Waals surface area contributed by atoms with Crippen molar-refractivity contribution >= 4 is 33.3 Å². The highest BCUT2D eigenvalue weighted by molar-refractivity contribution is 7.18. The number of hydrogen-bond acceptors (Lipinski definition) is 6. The molecular formula is C15H25N5S. The Bertz CT molecular complexity index is 614. The molecule has 0 radical (unpaired) electrons. The predicted molar refractivity (Wildman–Crippen MR) is 91.7 cm³/mol. The minimum absolute atomic E-state index is 0.261. The van der Waals surface area contributed by atoms with Crippen LogP contribution in [0.1, 0.15) is 39.5 Å². The highest BCUT2D eigenvalue weighted by atomic mass is 32.1. The van der Waals surface area contributed by atoms with Gasteiger partial charge < -0.3 is 5.32 Å². The van der Waals surface area contributed by atoms with Crippen molar-refractivity contribution in [2.24, 2.45) is 17.2 Å². The van der Waals surface area contributed by atoms with Crippen LogP contribution in [0.4, 0.5) is 11.8 Å². The van der Waals surface area contributed by atoms with Crippen LogP contribution in [0.25, 0.3) is 10.2 Å². The Morgan fingerprint density at radius 2 is 2.05 bits per heavy atom. The van der Waals surface area contributed by atoms with Crippen molar-refractivity contribution < 1.29 is 0 Å². The molecule has 0 amide bonds. The number of nitrogens with two attached hydrogens (primary N) is 1. The number of aryl methyl sites for hydroxylation is 1. The molecule has 4 N–H and O–H groups in total. The van der Waals surface area contributed by atoms with Crippen LogP contribution in [-0.4, -0.2) is 16.5 Å². The quantitative estimate of drug-likeness (QED) is 0.581. The smallest absolute Gasteiger partial charge is 0.240 e. The first-order chi connectivity index (χ1) is 9.85. The summed E-state index contributed by atoms with van der Waals surface area (Å²) in [5.74, 6) is 7.32. The Kier molecular flexibility index (Phi) is 4.68. The summed E-state index contributed by atoms with van der Waals surface area (Å²) >= 11 is 1.69. The predicted octanol–water partition coefficient (Wildman–Crippen LogP) is 3.63. The number of hydrogen-bond donors (Lipinski definition) is 3. The van der Waals surface area contributed by atoms with Gasteiger partial charge in [-0.25, -0.2) is 10.8 Å². The van der Waals surface area contributed by atoms with Crippen LogP contribution >= 0.6 is 11.3 Å². The van der Waals surface area contributed by atoms with E-state index >= 15 is 0 Å². The summed E-state index contributed by atoms with van der Waals surface area (Å²) in [7, 11) is 0. The Morgan fingerprint density at radius 1 is 1.33 bits per heavy atom. The number of nitrogen functional groups attached to an aromatic ring is 1. The van der Waals surface area contributed by atoms with E-state index in [1.54, 1.807) is 11.3 Å².